The third-order valence-electron chi connectivity index (χ3n) is 5.38. The zero-order valence-corrected chi connectivity index (χ0v) is 15.4. The normalized spacial score (nSPS) is 16.6. The molecule has 1 saturated carbocycles. The molecule has 1 amide bonds. The zero-order chi connectivity index (χ0) is 17.4. The standard InChI is InChI=1S/C21H33NO2/c1-3-4-5-6-7-15-24-19-10-8-9-18(16-19)21(2,17-11-12-17)14-13-20(22)23/h8-10,16-17H,3-7,11-15H2,1-2H3,(H2,22,23). The smallest absolute Gasteiger partial charge is 0.217 e. The van der Waals surface area contributed by atoms with Crippen LogP contribution in [-0.4, -0.2) is 12.5 Å². The van der Waals surface area contributed by atoms with E-state index in [1.807, 2.05) is 6.07 Å². The molecule has 0 saturated heterocycles. The average Bonchev–Trinajstić information content (AvgIpc) is 3.41. The molecule has 0 aliphatic heterocycles. The zero-order valence-electron chi connectivity index (χ0n) is 15.4. The maximum atomic E-state index is 11.2. The third kappa shape index (κ3) is 5.54. The molecule has 0 radical (unpaired) electrons. The molecule has 0 heterocycles. The molecule has 1 unspecified atom stereocenters. The maximum absolute atomic E-state index is 11.2. The van der Waals surface area contributed by atoms with Crippen LogP contribution in [0.1, 0.15) is 77.2 Å². The molecule has 0 spiro atoms. The van der Waals surface area contributed by atoms with Crippen LogP contribution in [0, 0.1) is 5.92 Å². The highest BCUT2D eigenvalue weighted by atomic mass is 16.5. The van der Waals surface area contributed by atoms with Crippen molar-refractivity contribution in [1.29, 1.82) is 0 Å². The molecule has 1 aliphatic carbocycles. The first-order chi connectivity index (χ1) is 11.6. The van der Waals surface area contributed by atoms with Crippen molar-refractivity contribution in [2.24, 2.45) is 11.7 Å². The molecule has 2 rings (SSSR count). The second-order valence-electron chi connectivity index (χ2n) is 7.45. The van der Waals surface area contributed by atoms with Gasteiger partial charge in [-0.1, -0.05) is 51.7 Å². The molecule has 24 heavy (non-hydrogen) atoms. The highest BCUT2D eigenvalue weighted by molar-refractivity contribution is 5.73. The van der Waals surface area contributed by atoms with Crippen molar-refractivity contribution in [3.8, 4) is 5.75 Å². The lowest BCUT2D eigenvalue weighted by Crippen LogP contribution is -2.27. The lowest BCUT2D eigenvalue weighted by Gasteiger charge is -2.30. The average molecular weight is 332 g/mol. The molecule has 1 aromatic carbocycles. The molecule has 0 aromatic heterocycles. The Hall–Kier alpha value is -1.51. The van der Waals surface area contributed by atoms with Crippen LogP contribution in [0.25, 0.3) is 0 Å². The SMILES string of the molecule is CCCCCCCOc1cccc(C(C)(CCC(N)=O)C2CC2)c1. The Kier molecular flexibility index (Phi) is 7.14. The number of carbonyl (C=O) groups excluding carboxylic acids is 1. The Balaban J connectivity index is 1.93. The molecule has 1 atom stereocenters. The van der Waals surface area contributed by atoms with Crippen molar-refractivity contribution < 1.29 is 9.53 Å². The molecule has 134 valence electrons. The van der Waals surface area contributed by atoms with Crippen molar-refractivity contribution in [3.63, 3.8) is 0 Å². The quantitative estimate of drug-likeness (QED) is 0.550. The minimum atomic E-state index is -0.207. The molecule has 1 aliphatic rings. The number of unbranched alkanes of at least 4 members (excludes halogenated alkanes) is 4. The van der Waals surface area contributed by atoms with E-state index < -0.39 is 0 Å². The minimum absolute atomic E-state index is 0.0372. The van der Waals surface area contributed by atoms with Gasteiger partial charge in [0, 0.05) is 6.42 Å². The van der Waals surface area contributed by atoms with Crippen molar-refractivity contribution in [2.45, 2.75) is 77.0 Å². The maximum Gasteiger partial charge on any atom is 0.217 e. The number of amides is 1. The summed E-state index contributed by atoms with van der Waals surface area (Å²) in [6, 6.07) is 8.46. The van der Waals surface area contributed by atoms with E-state index in [-0.39, 0.29) is 11.3 Å². The summed E-state index contributed by atoms with van der Waals surface area (Å²) < 4.78 is 5.96. The Morgan fingerprint density at radius 3 is 2.67 bits per heavy atom. The van der Waals surface area contributed by atoms with E-state index in [1.54, 1.807) is 0 Å². The van der Waals surface area contributed by atoms with Gasteiger partial charge in [-0.3, -0.25) is 4.79 Å². The van der Waals surface area contributed by atoms with Gasteiger partial charge in [0.1, 0.15) is 5.75 Å². The van der Waals surface area contributed by atoms with Gasteiger partial charge in [0.05, 0.1) is 6.61 Å². The van der Waals surface area contributed by atoms with Crippen LogP contribution < -0.4 is 10.5 Å². The summed E-state index contributed by atoms with van der Waals surface area (Å²) in [5.41, 5.74) is 6.70. The van der Waals surface area contributed by atoms with E-state index >= 15 is 0 Å². The number of carbonyl (C=O) groups is 1. The van der Waals surface area contributed by atoms with E-state index in [0.29, 0.717) is 12.3 Å². The molecular formula is C21H33NO2. The van der Waals surface area contributed by atoms with Gasteiger partial charge in [0.25, 0.3) is 0 Å². The number of ether oxygens (including phenoxy) is 1. The number of benzene rings is 1. The fourth-order valence-corrected chi connectivity index (χ4v) is 3.52. The van der Waals surface area contributed by atoms with Crippen LogP contribution in [-0.2, 0) is 10.2 Å². The number of primary amides is 1. The van der Waals surface area contributed by atoms with Crippen LogP contribution in [0.3, 0.4) is 0 Å². The van der Waals surface area contributed by atoms with Crippen molar-refractivity contribution >= 4 is 5.91 Å². The number of rotatable bonds is 12. The first kappa shape index (κ1) is 18.8. The van der Waals surface area contributed by atoms with E-state index in [0.717, 1.165) is 25.2 Å². The highest BCUT2D eigenvalue weighted by Gasteiger charge is 2.42. The molecule has 0 bridgehead atoms. The number of hydrogen-bond donors (Lipinski definition) is 1. The summed E-state index contributed by atoms with van der Waals surface area (Å²) in [6.07, 6.45) is 10.0. The molecule has 3 nitrogen and oxygen atoms in total. The lowest BCUT2D eigenvalue weighted by atomic mass is 9.74. The minimum Gasteiger partial charge on any atom is -0.494 e. The topological polar surface area (TPSA) is 52.3 Å². The molecule has 3 heteroatoms. The lowest BCUT2D eigenvalue weighted by molar-refractivity contribution is -0.118. The second-order valence-corrected chi connectivity index (χ2v) is 7.45. The first-order valence-electron chi connectivity index (χ1n) is 9.58. The largest absolute Gasteiger partial charge is 0.494 e. The van der Waals surface area contributed by atoms with E-state index in [4.69, 9.17) is 10.5 Å². The van der Waals surface area contributed by atoms with Crippen molar-refractivity contribution in [1.82, 2.24) is 0 Å². The molecule has 1 fully saturated rings. The van der Waals surface area contributed by atoms with Crippen molar-refractivity contribution in [3.05, 3.63) is 29.8 Å². The Morgan fingerprint density at radius 1 is 1.25 bits per heavy atom. The van der Waals surface area contributed by atoms with Gasteiger partial charge < -0.3 is 10.5 Å². The highest BCUT2D eigenvalue weighted by Crippen LogP contribution is 2.50. The summed E-state index contributed by atoms with van der Waals surface area (Å²) in [5.74, 6) is 1.41. The summed E-state index contributed by atoms with van der Waals surface area (Å²) in [6.45, 7) is 5.29. The van der Waals surface area contributed by atoms with Crippen LogP contribution in [0.5, 0.6) is 5.75 Å². The van der Waals surface area contributed by atoms with Crippen LogP contribution in [0.4, 0.5) is 0 Å². The molecule has 2 N–H and O–H groups in total. The van der Waals surface area contributed by atoms with Gasteiger partial charge in [-0.2, -0.15) is 0 Å². The predicted octanol–water partition coefficient (Wildman–Crippen LogP) is 4.97. The third-order valence-corrected chi connectivity index (χ3v) is 5.38. The Labute approximate surface area is 147 Å². The Bertz CT molecular complexity index is 524. The fraction of sp³-hybridized carbons (Fsp3) is 0.667. The first-order valence-corrected chi connectivity index (χ1v) is 9.58. The fourth-order valence-electron chi connectivity index (χ4n) is 3.52. The van der Waals surface area contributed by atoms with Gasteiger partial charge in [0.2, 0.25) is 5.91 Å². The van der Waals surface area contributed by atoms with Crippen molar-refractivity contribution in [2.75, 3.05) is 6.61 Å². The van der Waals surface area contributed by atoms with Crippen LogP contribution in [0.15, 0.2) is 24.3 Å². The van der Waals surface area contributed by atoms with Gasteiger partial charge in [-0.05, 0) is 54.7 Å². The predicted molar refractivity (Wildman–Crippen MR) is 99.2 cm³/mol. The van der Waals surface area contributed by atoms with E-state index in [2.05, 4.69) is 32.0 Å². The number of hydrogen-bond acceptors (Lipinski definition) is 2. The Morgan fingerprint density at radius 2 is 2.00 bits per heavy atom. The van der Waals surface area contributed by atoms with Gasteiger partial charge in [0.15, 0.2) is 0 Å². The summed E-state index contributed by atoms with van der Waals surface area (Å²) >= 11 is 0. The van der Waals surface area contributed by atoms with Crippen LogP contribution >= 0.6 is 0 Å². The summed E-state index contributed by atoms with van der Waals surface area (Å²) in [7, 11) is 0. The second kappa shape index (κ2) is 9.10. The van der Waals surface area contributed by atoms with Gasteiger partial charge >= 0.3 is 0 Å². The van der Waals surface area contributed by atoms with Crippen LogP contribution in [0.2, 0.25) is 0 Å². The summed E-state index contributed by atoms with van der Waals surface area (Å²) in [5, 5.41) is 0. The summed E-state index contributed by atoms with van der Waals surface area (Å²) in [4.78, 5) is 11.2. The molecule has 1 aromatic rings. The number of nitrogens with two attached hydrogens (primary N) is 1. The monoisotopic (exact) mass is 331 g/mol. The molecular weight excluding hydrogens is 298 g/mol. The van der Waals surface area contributed by atoms with E-state index in [1.165, 1.54) is 44.1 Å². The van der Waals surface area contributed by atoms with Gasteiger partial charge in [-0.15, -0.1) is 0 Å². The van der Waals surface area contributed by atoms with Gasteiger partial charge in [-0.25, -0.2) is 0 Å². The van der Waals surface area contributed by atoms with E-state index in [9.17, 15) is 4.79 Å².